The molecule has 3 aromatic carbocycles. The van der Waals surface area contributed by atoms with Gasteiger partial charge in [-0.1, -0.05) is 30.3 Å². The molecule has 0 radical (unpaired) electrons. The molecule has 0 aliphatic carbocycles. The number of benzene rings is 3. The smallest absolute Gasteiger partial charge is 0.229 e. The first kappa shape index (κ1) is 17.6. The van der Waals surface area contributed by atoms with Crippen molar-refractivity contribution in [1.82, 2.24) is 9.97 Å². The number of fused-ring (bicyclic) bond motifs is 1. The van der Waals surface area contributed by atoms with Gasteiger partial charge in [0.05, 0.1) is 12.6 Å². The molecule has 0 saturated heterocycles. The second-order valence-corrected chi connectivity index (χ2v) is 6.29. The zero-order valence-corrected chi connectivity index (χ0v) is 15.4. The first-order valence-electron chi connectivity index (χ1n) is 8.91. The summed E-state index contributed by atoms with van der Waals surface area (Å²) in [6.07, 6.45) is 0. The van der Waals surface area contributed by atoms with E-state index in [2.05, 4.69) is 20.6 Å². The van der Waals surface area contributed by atoms with Crippen molar-refractivity contribution in [1.29, 1.82) is 0 Å². The molecule has 0 aliphatic heterocycles. The Balaban J connectivity index is 1.62. The molecule has 0 spiro atoms. The lowest BCUT2D eigenvalue weighted by Gasteiger charge is -2.12. The summed E-state index contributed by atoms with van der Waals surface area (Å²) in [5.74, 6) is 2.21. The molecule has 140 valence electrons. The number of aromatic hydroxyl groups is 1. The van der Waals surface area contributed by atoms with Crippen molar-refractivity contribution in [3.8, 4) is 11.5 Å². The van der Waals surface area contributed by atoms with Crippen molar-refractivity contribution >= 4 is 28.4 Å². The number of rotatable bonds is 6. The Morgan fingerprint density at radius 1 is 0.929 bits per heavy atom. The van der Waals surface area contributed by atoms with Crippen molar-refractivity contribution in [2.24, 2.45) is 0 Å². The predicted octanol–water partition coefficient (Wildman–Crippen LogP) is 4.70. The Bertz CT molecular complexity index is 1100. The van der Waals surface area contributed by atoms with Gasteiger partial charge in [0.2, 0.25) is 5.95 Å². The Hall–Kier alpha value is -3.80. The van der Waals surface area contributed by atoms with E-state index in [9.17, 15) is 5.11 Å². The number of phenolic OH excluding ortho intramolecular Hbond substituents is 1. The molecule has 0 amide bonds. The Kier molecular flexibility index (Phi) is 4.93. The van der Waals surface area contributed by atoms with Gasteiger partial charge in [-0.05, 0) is 42.0 Å². The van der Waals surface area contributed by atoms with Crippen molar-refractivity contribution in [2.75, 3.05) is 17.7 Å². The Labute approximate surface area is 162 Å². The molecular weight excluding hydrogens is 352 g/mol. The number of aromatic nitrogens is 2. The summed E-state index contributed by atoms with van der Waals surface area (Å²) in [5, 5.41) is 17.2. The number of ether oxygens (including phenoxy) is 1. The Morgan fingerprint density at radius 3 is 2.54 bits per heavy atom. The van der Waals surface area contributed by atoms with Crippen LogP contribution in [0.15, 0.2) is 72.8 Å². The van der Waals surface area contributed by atoms with Gasteiger partial charge in [-0.2, -0.15) is 4.98 Å². The maximum Gasteiger partial charge on any atom is 0.229 e. The van der Waals surface area contributed by atoms with E-state index in [1.54, 1.807) is 25.3 Å². The van der Waals surface area contributed by atoms with Crippen LogP contribution in [0.3, 0.4) is 0 Å². The van der Waals surface area contributed by atoms with E-state index in [-0.39, 0.29) is 5.75 Å². The van der Waals surface area contributed by atoms with Crippen LogP contribution in [-0.2, 0) is 6.54 Å². The highest BCUT2D eigenvalue weighted by atomic mass is 16.5. The van der Waals surface area contributed by atoms with Crippen LogP contribution in [0.1, 0.15) is 5.56 Å². The number of hydrogen-bond acceptors (Lipinski definition) is 6. The van der Waals surface area contributed by atoms with Crippen LogP contribution in [0.5, 0.6) is 11.5 Å². The lowest BCUT2D eigenvalue weighted by atomic mass is 10.2. The number of nitrogens with zero attached hydrogens (tertiary/aromatic N) is 2. The fraction of sp³-hybridized carbons (Fsp3) is 0.0909. The second kappa shape index (κ2) is 7.84. The van der Waals surface area contributed by atoms with Crippen LogP contribution < -0.4 is 15.4 Å². The van der Waals surface area contributed by atoms with E-state index in [0.29, 0.717) is 12.5 Å². The maximum atomic E-state index is 9.66. The summed E-state index contributed by atoms with van der Waals surface area (Å²) in [4.78, 5) is 9.21. The summed E-state index contributed by atoms with van der Waals surface area (Å²) in [7, 11) is 1.65. The highest BCUT2D eigenvalue weighted by molar-refractivity contribution is 5.90. The van der Waals surface area contributed by atoms with Gasteiger partial charge in [0.25, 0.3) is 0 Å². The minimum atomic E-state index is 0.184. The van der Waals surface area contributed by atoms with E-state index in [1.165, 1.54) is 0 Å². The largest absolute Gasteiger partial charge is 0.508 e. The van der Waals surface area contributed by atoms with Crippen LogP contribution in [0.4, 0.5) is 17.5 Å². The van der Waals surface area contributed by atoms with Crippen LogP contribution in [0, 0.1) is 0 Å². The summed E-state index contributed by atoms with van der Waals surface area (Å²) < 4.78 is 5.20. The van der Waals surface area contributed by atoms with Crippen molar-refractivity contribution in [2.45, 2.75) is 6.54 Å². The average Bonchev–Trinajstić information content (AvgIpc) is 2.72. The van der Waals surface area contributed by atoms with Crippen LogP contribution in [0.2, 0.25) is 0 Å². The number of methoxy groups -OCH3 is 1. The number of hydrogen-bond donors (Lipinski definition) is 3. The molecular formula is C22H20N4O2. The molecule has 0 saturated carbocycles. The predicted molar refractivity (Wildman–Crippen MR) is 111 cm³/mol. The number of nitrogens with one attached hydrogen (secondary N) is 2. The highest BCUT2D eigenvalue weighted by Crippen LogP contribution is 2.25. The second-order valence-electron chi connectivity index (χ2n) is 6.29. The van der Waals surface area contributed by atoms with Crippen LogP contribution in [-0.4, -0.2) is 22.2 Å². The zero-order valence-electron chi connectivity index (χ0n) is 15.4. The molecule has 0 unspecified atom stereocenters. The normalized spacial score (nSPS) is 10.6. The van der Waals surface area contributed by atoms with Gasteiger partial charge in [0.1, 0.15) is 17.3 Å². The van der Waals surface area contributed by atoms with E-state index < -0.39 is 0 Å². The van der Waals surface area contributed by atoms with Crippen molar-refractivity contribution < 1.29 is 9.84 Å². The molecule has 4 aromatic rings. The molecule has 0 fully saturated rings. The van der Waals surface area contributed by atoms with Gasteiger partial charge < -0.3 is 20.5 Å². The van der Waals surface area contributed by atoms with Gasteiger partial charge in [0, 0.05) is 23.7 Å². The number of phenols is 1. The summed E-state index contributed by atoms with van der Waals surface area (Å²) in [5.41, 5.74) is 2.67. The minimum Gasteiger partial charge on any atom is -0.508 e. The molecule has 6 heteroatoms. The van der Waals surface area contributed by atoms with Gasteiger partial charge >= 0.3 is 0 Å². The monoisotopic (exact) mass is 372 g/mol. The third-order valence-electron chi connectivity index (χ3n) is 4.32. The fourth-order valence-corrected chi connectivity index (χ4v) is 2.91. The standard InChI is InChI=1S/C22H20N4O2/c1-28-18-11-9-15(10-12-18)14-23-21-19-7-2-3-8-20(19)25-22(26-21)24-16-5-4-6-17(27)13-16/h2-13,27H,14H2,1H3,(H2,23,24,25,26). The molecule has 4 rings (SSSR count). The first-order valence-corrected chi connectivity index (χ1v) is 8.91. The summed E-state index contributed by atoms with van der Waals surface area (Å²) >= 11 is 0. The third kappa shape index (κ3) is 3.96. The van der Waals surface area contributed by atoms with Gasteiger partial charge in [-0.15, -0.1) is 0 Å². The summed E-state index contributed by atoms with van der Waals surface area (Å²) in [6, 6.07) is 22.6. The van der Waals surface area contributed by atoms with E-state index in [4.69, 9.17) is 4.74 Å². The lowest BCUT2D eigenvalue weighted by molar-refractivity contribution is 0.414. The lowest BCUT2D eigenvalue weighted by Crippen LogP contribution is -2.05. The SMILES string of the molecule is COc1ccc(CNc2nc(Nc3cccc(O)c3)nc3ccccc23)cc1. The molecule has 1 aromatic heterocycles. The fourth-order valence-electron chi connectivity index (χ4n) is 2.91. The average molecular weight is 372 g/mol. The van der Waals surface area contributed by atoms with Gasteiger partial charge in [0.15, 0.2) is 0 Å². The van der Waals surface area contributed by atoms with Gasteiger partial charge in [-0.3, -0.25) is 0 Å². The van der Waals surface area contributed by atoms with E-state index >= 15 is 0 Å². The third-order valence-corrected chi connectivity index (χ3v) is 4.32. The molecule has 0 atom stereocenters. The molecule has 6 nitrogen and oxygen atoms in total. The highest BCUT2D eigenvalue weighted by Gasteiger charge is 2.08. The Morgan fingerprint density at radius 2 is 1.75 bits per heavy atom. The molecule has 3 N–H and O–H groups in total. The van der Waals surface area contributed by atoms with Crippen molar-refractivity contribution in [3.63, 3.8) is 0 Å². The number of para-hydroxylation sites is 1. The maximum absolute atomic E-state index is 9.66. The molecule has 0 bridgehead atoms. The zero-order chi connectivity index (χ0) is 19.3. The quantitative estimate of drug-likeness (QED) is 0.455. The van der Waals surface area contributed by atoms with E-state index in [1.807, 2.05) is 54.6 Å². The molecule has 28 heavy (non-hydrogen) atoms. The minimum absolute atomic E-state index is 0.184. The van der Waals surface area contributed by atoms with Crippen LogP contribution in [0.25, 0.3) is 10.9 Å². The topological polar surface area (TPSA) is 79.3 Å². The van der Waals surface area contributed by atoms with Gasteiger partial charge in [-0.25, -0.2) is 4.98 Å². The first-order chi connectivity index (χ1) is 13.7. The number of anilines is 3. The van der Waals surface area contributed by atoms with Crippen molar-refractivity contribution in [3.05, 3.63) is 78.4 Å². The molecule has 1 heterocycles. The summed E-state index contributed by atoms with van der Waals surface area (Å²) in [6.45, 7) is 0.622. The van der Waals surface area contributed by atoms with Crippen LogP contribution >= 0.6 is 0 Å². The van der Waals surface area contributed by atoms with E-state index in [0.717, 1.165) is 33.7 Å². The molecule has 0 aliphatic rings.